The molecule has 0 saturated carbocycles. The predicted octanol–water partition coefficient (Wildman–Crippen LogP) is 4.36. The van der Waals surface area contributed by atoms with Crippen molar-refractivity contribution in [3.05, 3.63) is 42.1 Å². The van der Waals surface area contributed by atoms with Crippen molar-refractivity contribution in [3.8, 4) is 0 Å². The van der Waals surface area contributed by atoms with Crippen molar-refractivity contribution in [1.82, 2.24) is 4.90 Å². The summed E-state index contributed by atoms with van der Waals surface area (Å²) >= 11 is 12.8. The van der Waals surface area contributed by atoms with Gasteiger partial charge in [-0.15, -0.1) is 22.7 Å². The first-order chi connectivity index (χ1) is 8.60. The van der Waals surface area contributed by atoms with Crippen molar-refractivity contribution in [2.45, 2.75) is 12.6 Å². The fraction of sp³-hybridized carbons (Fsp3) is 0.333. The fourth-order valence-electron chi connectivity index (χ4n) is 1.81. The minimum atomic E-state index is 0.225. The third kappa shape index (κ3) is 3.56. The molecule has 98 valence electrons. The number of nitrogens with zero attached hydrogens (tertiary/aromatic N) is 1. The molecule has 0 bridgehead atoms. The van der Waals surface area contributed by atoms with Crippen LogP contribution in [0.4, 0.5) is 0 Å². The van der Waals surface area contributed by atoms with Gasteiger partial charge in [0.15, 0.2) is 0 Å². The Morgan fingerprint density at radius 1 is 1.50 bits per heavy atom. The topological polar surface area (TPSA) is 29.3 Å². The summed E-state index contributed by atoms with van der Waals surface area (Å²) in [6, 6.07) is 6.37. The van der Waals surface area contributed by atoms with E-state index >= 15 is 0 Å². The second-order valence-electron chi connectivity index (χ2n) is 4.04. The van der Waals surface area contributed by atoms with Crippen LogP contribution in [0, 0.1) is 0 Å². The Kier molecular flexibility index (Phi) is 5.24. The first-order valence-electron chi connectivity index (χ1n) is 5.48. The Balaban J connectivity index is 2.08. The third-order valence-corrected chi connectivity index (χ3v) is 5.72. The highest BCUT2D eigenvalue weighted by molar-refractivity contribution is 9.10. The molecule has 2 N–H and O–H groups in total. The Morgan fingerprint density at radius 3 is 2.78 bits per heavy atom. The van der Waals surface area contributed by atoms with Gasteiger partial charge in [-0.2, -0.15) is 0 Å². The Labute approximate surface area is 128 Å². The summed E-state index contributed by atoms with van der Waals surface area (Å²) in [4.78, 5) is 4.81. The van der Waals surface area contributed by atoms with Crippen LogP contribution in [-0.4, -0.2) is 18.5 Å². The average Bonchev–Trinajstić information content (AvgIpc) is 2.89. The molecule has 2 nitrogen and oxygen atoms in total. The molecule has 18 heavy (non-hydrogen) atoms. The zero-order chi connectivity index (χ0) is 13.1. The molecule has 0 amide bonds. The van der Waals surface area contributed by atoms with Gasteiger partial charge in [-0.05, 0) is 41.2 Å². The lowest BCUT2D eigenvalue weighted by atomic mass is 10.2. The Hall–Kier alpha value is 0.0900. The van der Waals surface area contributed by atoms with Crippen molar-refractivity contribution in [2.75, 3.05) is 13.6 Å². The maximum Gasteiger partial charge on any atom is 0.0931 e. The maximum absolute atomic E-state index is 5.98. The Morgan fingerprint density at radius 2 is 2.28 bits per heavy atom. The lowest BCUT2D eigenvalue weighted by Crippen LogP contribution is -2.29. The molecule has 1 unspecified atom stereocenters. The van der Waals surface area contributed by atoms with Crippen LogP contribution < -0.4 is 5.73 Å². The van der Waals surface area contributed by atoms with Crippen LogP contribution in [0.2, 0.25) is 4.34 Å². The molecule has 2 heterocycles. The van der Waals surface area contributed by atoms with Crippen molar-refractivity contribution in [2.24, 2.45) is 5.73 Å². The highest BCUT2D eigenvalue weighted by Gasteiger charge is 2.18. The van der Waals surface area contributed by atoms with E-state index in [0.717, 1.165) is 15.4 Å². The van der Waals surface area contributed by atoms with Crippen molar-refractivity contribution in [3.63, 3.8) is 0 Å². The number of rotatable bonds is 5. The summed E-state index contributed by atoms with van der Waals surface area (Å²) in [5.41, 5.74) is 5.89. The highest BCUT2D eigenvalue weighted by atomic mass is 79.9. The molecule has 0 aliphatic heterocycles. The van der Waals surface area contributed by atoms with Gasteiger partial charge >= 0.3 is 0 Å². The van der Waals surface area contributed by atoms with E-state index in [0.29, 0.717) is 6.54 Å². The van der Waals surface area contributed by atoms with E-state index in [1.54, 1.807) is 22.7 Å². The van der Waals surface area contributed by atoms with Gasteiger partial charge in [-0.3, -0.25) is 4.90 Å². The van der Waals surface area contributed by atoms with Crippen LogP contribution in [-0.2, 0) is 6.54 Å². The number of likely N-dealkylation sites (N-methyl/N-ethyl adjacent to an activating group) is 1. The quantitative estimate of drug-likeness (QED) is 0.853. The van der Waals surface area contributed by atoms with E-state index in [4.69, 9.17) is 17.3 Å². The molecular formula is C12H14BrClN2S2. The SMILES string of the molecule is CN(Cc1cc(Br)cs1)C(CN)c1ccc(Cl)s1. The Bertz CT molecular complexity index is 512. The van der Waals surface area contributed by atoms with Crippen LogP contribution >= 0.6 is 50.2 Å². The second kappa shape index (κ2) is 6.50. The summed E-state index contributed by atoms with van der Waals surface area (Å²) in [6.07, 6.45) is 0. The standard InChI is InChI=1S/C12H14BrClN2S2/c1-16(6-9-4-8(13)7-17-9)10(5-15)11-2-3-12(14)18-11/h2-4,7,10H,5-6,15H2,1H3. The molecular weight excluding hydrogens is 352 g/mol. The van der Waals surface area contributed by atoms with Crippen molar-refractivity contribution >= 4 is 50.2 Å². The van der Waals surface area contributed by atoms with Gasteiger partial charge in [0.2, 0.25) is 0 Å². The summed E-state index contributed by atoms with van der Waals surface area (Å²) < 4.78 is 1.95. The van der Waals surface area contributed by atoms with Gasteiger partial charge in [-0.1, -0.05) is 11.6 Å². The number of hydrogen-bond acceptors (Lipinski definition) is 4. The van der Waals surface area contributed by atoms with Crippen molar-refractivity contribution in [1.29, 1.82) is 0 Å². The maximum atomic E-state index is 5.98. The lowest BCUT2D eigenvalue weighted by molar-refractivity contribution is 0.247. The highest BCUT2D eigenvalue weighted by Crippen LogP contribution is 2.31. The minimum absolute atomic E-state index is 0.225. The van der Waals surface area contributed by atoms with Gasteiger partial charge < -0.3 is 5.73 Å². The van der Waals surface area contributed by atoms with Crippen LogP contribution in [0.1, 0.15) is 15.8 Å². The van der Waals surface area contributed by atoms with E-state index in [1.165, 1.54) is 9.75 Å². The van der Waals surface area contributed by atoms with Gasteiger partial charge in [-0.25, -0.2) is 0 Å². The largest absolute Gasteiger partial charge is 0.329 e. The molecule has 0 aliphatic rings. The molecule has 1 atom stereocenters. The van der Waals surface area contributed by atoms with Gasteiger partial charge in [0.05, 0.1) is 10.4 Å². The molecule has 6 heteroatoms. The zero-order valence-electron chi connectivity index (χ0n) is 9.90. The minimum Gasteiger partial charge on any atom is -0.329 e. The van der Waals surface area contributed by atoms with Crippen LogP contribution in [0.25, 0.3) is 0 Å². The number of hydrogen-bond donors (Lipinski definition) is 1. The van der Waals surface area contributed by atoms with Gasteiger partial charge in [0.25, 0.3) is 0 Å². The summed E-state index contributed by atoms with van der Waals surface area (Å²) in [5, 5.41) is 2.10. The molecule has 0 radical (unpaired) electrons. The number of nitrogens with two attached hydrogens (primary N) is 1. The molecule has 0 aromatic carbocycles. The third-order valence-electron chi connectivity index (χ3n) is 2.70. The zero-order valence-corrected chi connectivity index (χ0v) is 13.9. The molecule has 2 rings (SSSR count). The van der Waals surface area contributed by atoms with E-state index < -0.39 is 0 Å². The normalized spacial score (nSPS) is 13.2. The predicted molar refractivity (Wildman–Crippen MR) is 84.6 cm³/mol. The summed E-state index contributed by atoms with van der Waals surface area (Å²) in [7, 11) is 2.10. The van der Waals surface area contributed by atoms with E-state index in [1.807, 2.05) is 6.07 Å². The van der Waals surface area contributed by atoms with Gasteiger partial charge in [0, 0.05) is 32.7 Å². The summed E-state index contributed by atoms with van der Waals surface area (Å²) in [5.74, 6) is 0. The smallest absolute Gasteiger partial charge is 0.0931 e. The van der Waals surface area contributed by atoms with Crippen LogP contribution in [0.5, 0.6) is 0 Å². The molecule has 2 aromatic heterocycles. The fourth-order valence-corrected chi connectivity index (χ4v) is 4.57. The lowest BCUT2D eigenvalue weighted by Gasteiger charge is -2.25. The molecule has 0 saturated heterocycles. The molecule has 0 fully saturated rings. The van der Waals surface area contributed by atoms with Crippen LogP contribution in [0.15, 0.2) is 28.1 Å². The molecule has 2 aromatic rings. The van der Waals surface area contributed by atoms with E-state index in [2.05, 4.69) is 45.4 Å². The summed E-state index contributed by atoms with van der Waals surface area (Å²) in [6.45, 7) is 1.49. The first-order valence-corrected chi connectivity index (χ1v) is 8.35. The average molecular weight is 366 g/mol. The van der Waals surface area contributed by atoms with E-state index in [9.17, 15) is 0 Å². The number of halogens is 2. The van der Waals surface area contributed by atoms with Crippen LogP contribution in [0.3, 0.4) is 0 Å². The van der Waals surface area contributed by atoms with Gasteiger partial charge in [0.1, 0.15) is 0 Å². The first kappa shape index (κ1) is 14.5. The van der Waals surface area contributed by atoms with E-state index in [-0.39, 0.29) is 6.04 Å². The molecule has 0 spiro atoms. The van der Waals surface area contributed by atoms with Crippen molar-refractivity contribution < 1.29 is 0 Å². The second-order valence-corrected chi connectivity index (χ2v) is 7.70. The molecule has 0 aliphatic carbocycles. The monoisotopic (exact) mass is 364 g/mol. The number of thiophene rings is 2.